The Bertz CT molecular complexity index is 1050. The molecule has 0 aromatic heterocycles. The highest BCUT2D eigenvalue weighted by atomic mass is 32.2. The van der Waals surface area contributed by atoms with Gasteiger partial charge in [-0.15, -0.1) is 0 Å². The first-order valence-electron chi connectivity index (χ1n) is 9.39. The van der Waals surface area contributed by atoms with Gasteiger partial charge < -0.3 is 10.1 Å². The second kappa shape index (κ2) is 9.00. The summed E-state index contributed by atoms with van der Waals surface area (Å²) in [6.45, 7) is 0.347. The Kier molecular flexibility index (Phi) is 6.16. The van der Waals surface area contributed by atoms with Crippen LogP contribution in [-0.4, -0.2) is 42.6 Å². The van der Waals surface area contributed by atoms with Gasteiger partial charge in [-0.1, -0.05) is 23.9 Å². The highest BCUT2D eigenvalue weighted by molar-refractivity contribution is 8.14. The smallest absolute Gasteiger partial charge is 0.241 e. The minimum Gasteiger partial charge on any atom is -0.495 e. The van der Waals surface area contributed by atoms with E-state index >= 15 is 0 Å². The Morgan fingerprint density at radius 3 is 2.87 bits per heavy atom. The van der Waals surface area contributed by atoms with E-state index in [9.17, 15) is 18.4 Å². The summed E-state index contributed by atoms with van der Waals surface area (Å²) < 4.78 is 32.4. The van der Waals surface area contributed by atoms with Crippen molar-refractivity contribution < 1.29 is 23.1 Å². The van der Waals surface area contributed by atoms with E-state index in [-0.39, 0.29) is 28.4 Å². The van der Waals surface area contributed by atoms with Gasteiger partial charge in [-0.25, -0.2) is 19.2 Å². The molecule has 0 saturated carbocycles. The Hall–Kier alpha value is -3.02. The van der Waals surface area contributed by atoms with Gasteiger partial charge in [-0.2, -0.15) is 0 Å². The quantitative estimate of drug-likeness (QED) is 0.650. The van der Waals surface area contributed by atoms with Crippen molar-refractivity contribution in [3.8, 4) is 5.75 Å². The number of amidine groups is 1. The van der Waals surface area contributed by atoms with Gasteiger partial charge in [0.05, 0.1) is 30.2 Å². The third-order valence-corrected chi connectivity index (χ3v) is 5.76. The molecule has 0 aliphatic carbocycles. The number of anilines is 2. The molecule has 2 aliphatic heterocycles. The molecular weight excluding hydrogens is 428 g/mol. The lowest BCUT2D eigenvalue weighted by atomic mass is 10.0. The molecule has 2 aliphatic rings. The van der Waals surface area contributed by atoms with Crippen LogP contribution >= 0.6 is 11.8 Å². The molecular formula is C20H19F2N5O3S. The number of amides is 2. The van der Waals surface area contributed by atoms with E-state index in [1.165, 1.54) is 18.1 Å². The predicted molar refractivity (Wildman–Crippen MR) is 114 cm³/mol. The van der Waals surface area contributed by atoms with Crippen molar-refractivity contribution in [2.75, 3.05) is 29.6 Å². The number of carbonyl (C=O) groups excluding carboxylic acids is 2. The number of methoxy groups -OCH3 is 1. The molecule has 2 unspecified atom stereocenters. The molecule has 162 valence electrons. The molecule has 4 rings (SSSR count). The van der Waals surface area contributed by atoms with Gasteiger partial charge in [-0.05, 0) is 24.3 Å². The molecule has 2 atom stereocenters. The van der Waals surface area contributed by atoms with Gasteiger partial charge in [0.15, 0.2) is 16.8 Å². The lowest BCUT2D eigenvalue weighted by Crippen LogP contribution is -2.49. The van der Waals surface area contributed by atoms with Crippen LogP contribution in [0.15, 0.2) is 47.5 Å². The highest BCUT2D eigenvalue weighted by Gasteiger charge is 2.42. The summed E-state index contributed by atoms with van der Waals surface area (Å²) in [5, 5.41) is 2.96. The van der Waals surface area contributed by atoms with Crippen molar-refractivity contribution >= 4 is 40.1 Å². The van der Waals surface area contributed by atoms with Crippen LogP contribution in [0.5, 0.6) is 5.75 Å². The van der Waals surface area contributed by atoms with Gasteiger partial charge in [0.1, 0.15) is 11.9 Å². The third-order valence-electron chi connectivity index (χ3n) is 4.81. The van der Waals surface area contributed by atoms with Gasteiger partial charge in [0.25, 0.3) is 0 Å². The summed E-state index contributed by atoms with van der Waals surface area (Å²) in [4.78, 5) is 31.3. The van der Waals surface area contributed by atoms with E-state index in [1.54, 1.807) is 24.3 Å². The van der Waals surface area contributed by atoms with Crippen LogP contribution in [-0.2, 0) is 9.59 Å². The predicted octanol–water partition coefficient (Wildman–Crippen LogP) is 2.10. The third kappa shape index (κ3) is 4.38. The Balaban J connectivity index is 1.54. The zero-order chi connectivity index (χ0) is 22.0. The van der Waals surface area contributed by atoms with E-state index in [2.05, 4.69) is 21.2 Å². The second-order valence-electron chi connectivity index (χ2n) is 6.80. The zero-order valence-corrected chi connectivity index (χ0v) is 17.2. The zero-order valence-electron chi connectivity index (χ0n) is 16.4. The van der Waals surface area contributed by atoms with E-state index in [0.717, 1.165) is 23.9 Å². The number of rotatable bonds is 5. The summed E-state index contributed by atoms with van der Waals surface area (Å²) in [5.41, 5.74) is 6.44. The lowest BCUT2D eigenvalue weighted by molar-refractivity contribution is -0.121. The first-order valence-corrected chi connectivity index (χ1v) is 10.4. The van der Waals surface area contributed by atoms with Crippen LogP contribution in [0.25, 0.3) is 0 Å². The van der Waals surface area contributed by atoms with Crippen molar-refractivity contribution in [3.63, 3.8) is 0 Å². The van der Waals surface area contributed by atoms with Crippen molar-refractivity contribution in [1.82, 2.24) is 10.9 Å². The van der Waals surface area contributed by atoms with Gasteiger partial charge in [-0.3, -0.25) is 19.9 Å². The van der Waals surface area contributed by atoms with Gasteiger partial charge in [0.2, 0.25) is 11.8 Å². The number of hydrogen-bond acceptors (Lipinski definition) is 7. The van der Waals surface area contributed by atoms with Crippen LogP contribution in [0.1, 0.15) is 0 Å². The van der Waals surface area contributed by atoms with E-state index in [4.69, 9.17) is 4.74 Å². The molecule has 2 aromatic rings. The van der Waals surface area contributed by atoms with Crippen LogP contribution in [0.2, 0.25) is 0 Å². The molecule has 2 amide bonds. The van der Waals surface area contributed by atoms with Crippen molar-refractivity contribution in [2.45, 2.75) is 6.17 Å². The topological polar surface area (TPSA) is 95.1 Å². The average molecular weight is 447 g/mol. The maximum absolute atomic E-state index is 13.8. The number of benzene rings is 2. The van der Waals surface area contributed by atoms with Crippen molar-refractivity contribution in [1.29, 1.82) is 0 Å². The maximum atomic E-state index is 13.8. The first-order chi connectivity index (χ1) is 15.0. The summed E-state index contributed by atoms with van der Waals surface area (Å²) in [5.74, 6) is -2.80. The average Bonchev–Trinajstić information content (AvgIpc) is 3.24. The maximum Gasteiger partial charge on any atom is 0.241 e. The number of nitrogens with zero attached hydrogens (tertiary/aromatic N) is 2. The fourth-order valence-corrected chi connectivity index (χ4v) is 4.14. The number of hydrogen-bond donors (Lipinski definition) is 3. The first kappa shape index (κ1) is 21.2. The van der Waals surface area contributed by atoms with Crippen molar-refractivity contribution in [2.24, 2.45) is 10.9 Å². The molecule has 1 fully saturated rings. The monoisotopic (exact) mass is 447 g/mol. The molecule has 0 radical (unpaired) electrons. The summed E-state index contributed by atoms with van der Waals surface area (Å²) in [6, 6.07) is 10.2. The number of nitrogens with one attached hydrogen (secondary N) is 3. The van der Waals surface area contributed by atoms with E-state index in [1.807, 2.05) is 0 Å². The van der Waals surface area contributed by atoms with E-state index < -0.39 is 23.7 Å². The number of carbonyl (C=O) groups is 2. The number of fused-ring (bicyclic) bond motifs is 1. The summed E-state index contributed by atoms with van der Waals surface area (Å²) >= 11 is 1.02. The minimum atomic E-state index is -1.08. The van der Waals surface area contributed by atoms with Crippen LogP contribution in [0.4, 0.5) is 20.2 Å². The number of halogens is 2. The van der Waals surface area contributed by atoms with E-state index in [0.29, 0.717) is 18.0 Å². The fourth-order valence-electron chi connectivity index (χ4n) is 3.30. The number of ether oxygens (including phenoxy) is 1. The fraction of sp³-hybridized carbons (Fsp3) is 0.250. The molecule has 8 nitrogen and oxygen atoms in total. The summed E-state index contributed by atoms with van der Waals surface area (Å²) in [7, 11) is 1.50. The Morgan fingerprint density at radius 1 is 1.29 bits per heavy atom. The molecule has 1 saturated heterocycles. The van der Waals surface area contributed by atoms with Gasteiger partial charge in [0, 0.05) is 12.6 Å². The molecule has 31 heavy (non-hydrogen) atoms. The SMILES string of the molecule is COc1ccccc1NC(=O)CSC1=NC2NNCC2C(=O)N1c1ccc(F)c(F)c1. The molecule has 2 aromatic carbocycles. The standard InChI is InChI=1S/C20H19F2N5O3S/c1-30-16-5-3-2-4-15(16)24-17(28)10-31-20-25-18-12(9-23-26-18)19(29)27(20)11-6-7-13(21)14(22)8-11/h2-8,12,18,23,26H,9-10H2,1H3,(H,24,28). The Morgan fingerprint density at radius 2 is 2.10 bits per heavy atom. The molecule has 2 heterocycles. The molecule has 3 N–H and O–H groups in total. The van der Waals surface area contributed by atoms with Crippen LogP contribution in [0.3, 0.4) is 0 Å². The summed E-state index contributed by atoms with van der Waals surface area (Å²) in [6.07, 6.45) is -0.506. The molecule has 11 heteroatoms. The van der Waals surface area contributed by atoms with Crippen LogP contribution in [0, 0.1) is 17.6 Å². The largest absolute Gasteiger partial charge is 0.495 e. The normalized spacial score (nSPS) is 20.3. The number of thioether (sulfide) groups is 1. The minimum absolute atomic E-state index is 0.0604. The number of aliphatic imine (C=N–C) groups is 1. The second-order valence-corrected chi connectivity index (χ2v) is 7.74. The molecule has 0 spiro atoms. The Labute approximate surface area is 181 Å². The van der Waals surface area contributed by atoms with Crippen LogP contribution < -0.4 is 25.8 Å². The molecule has 0 bridgehead atoms. The number of para-hydroxylation sites is 2. The highest BCUT2D eigenvalue weighted by Crippen LogP contribution is 2.30. The lowest BCUT2D eigenvalue weighted by Gasteiger charge is -2.32. The van der Waals surface area contributed by atoms with Crippen molar-refractivity contribution in [3.05, 3.63) is 54.1 Å². The van der Waals surface area contributed by atoms with Gasteiger partial charge >= 0.3 is 0 Å². The number of hydrazine groups is 1.